The van der Waals surface area contributed by atoms with Gasteiger partial charge in [-0.2, -0.15) is 0 Å². The third-order valence-electron chi connectivity index (χ3n) is 2.20. The topological polar surface area (TPSA) is 0 Å². The molecule has 0 saturated carbocycles. The number of halogens is 6. The number of hydrogen-bond donors (Lipinski definition) is 0. The van der Waals surface area contributed by atoms with Gasteiger partial charge < -0.3 is 0 Å². The van der Waals surface area contributed by atoms with Gasteiger partial charge in [-0.25, -0.2) is 0 Å². The molecule has 0 N–H and O–H groups in total. The summed E-state index contributed by atoms with van der Waals surface area (Å²) in [5, 5.41) is 0. The molecule has 0 aliphatic rings. The summed E-state index contributed by atoms with van der Waals surface area (Å²) in [6.07, 6.45) is 0. The van der Waals surface area contributed by atoms with Crippen LogP contribution in [0.4, 0.5) is 14.1 Å². The van der Waals surface area contributed by atoms with Gasteiger partial charge in [0.05, 0.1) is 0 Å². The molecule has 0 amide bonds. The molecular formula is C18H18Br3F3. The summed E-state index contributed by atoms with van der Waals surface area (Å²) in [5.41, 5.74) is 0. The van der Waals surface area contributed by atoms with Gasteiger partial charge in [0, 0.05) is 13.4 Å². The molecule has 0 nitrogen and oxygen atoms in total. The Morgan fingerprint density at radius 1 is 0.333 bits per heavy atom. The van der Waals surface area contributed by atoms with Crippen LogP contribution >= 0.6 is 47.8 Å². The van der Waals surface area contributed by atoms with E-state index in [4.69, 9.17) is 0 Å². The largest absolute Gasteiger partial charge is 0.269 e. The van der Waals surface area contributed by atoms with Gasteiger partial charge in [0.25, 0.3) is 0 Å². The van der Waals surface area contributed by atoms with Crippen molar-refractivity contribution in [3.8, 4) is 0 Å². The summed E-state index contributed by atoms with van der Waals surface area (Å²) in [6.45, 7) is 0. The lowest BCUT2D eigenvalue weighted by molar-refractivity contribution is 1.11. The van der Waals surface area contributed by atoms with E-state index in [0.717, 1.165) is 13.4 Å². The van der Waals surface area contributed by atoms with Crippen LogP contribution in [0.2, 0.25) is 0 Å². The molecule has 132 valence electrons. The molecule has 3 aromatic rings. The zero-order valence-corrected chi connectivity index (χ0v) is 17.3. The van der Waals surface area contributed by atoms with E-state index in [1.807, 2.05) is 91.0 Å². The van der Waals surface area contributed by atoms with Crippen molar-refractivity contribution in [1.82, 2.24) is 0 Å². The Labute approximate surface area is 165 Å². The van der Waals surface area contributed by atoms with E-state index in [0.29, 0.717) is 0 Å². The number of hydrogen-bond acceptors (Lipinski definition) is 0. The van der Waals surface area contributed by atoms with Crippen molar-refractivity contribution in [2.45, 2.75) is 0 Å². The first-order valence-electron chi connectivity index (χ1n) is 6.30. The van der Waals surface area contributed by atoms with E-state index in [1.165, 1.54) is 0 Å². The maximum atomic E-state index is 3.31. The van der Waals surface area contributed by atoms with Gasteiger partial charge in [0.2, 0.25) is 0 Å². The van der Waals surface area contributed by atoms with E-state index in [-0.39, 0.29) is 14.1 Å². The zero-order valence-electron chi connectivity index (χ0n) is 12.5. The van der Waals surface area contributed by atoms with E-state index < -0.39 is 0 Å². The SMILES string of the molecule is Brc1ccccc1.Brc1ccccc1.Brc1ccccc1.F.F.F. The molecule has 0 spiro atoms. The van der Waals surface area contributed by atoms with Gasteiger partial charge in [-0.1, -0.05) is 102 Å². The number of benzene rings is 3. The van der Waals surface area contributed by atoms with Crippen molar-refractivity contribution < 1.29 is 14.1 Å². The van der Waals surface area contributed by atoms with E-state index in [9.17, 15) is 0 Å². The second-order valence-corrected chi connectivity index (χ2v) is 6.63. The van der Waals surface area contributed by atoms with Crippen LogP contribution in [0.3, 0.4) is 0 Å². The van der Waals surface area contributed by atoms with Crippen LogP contribution in [0.1, 0.15) is 0 Å². The summed E-state index contributed by atoms with van der Waals surface area (Å²) in [7, 11) is 0. The maximum absolute atomic E-state index is 3.31. The molecule has 6 heteroatoms. The molecule has 0 bridgehead atoms. The van der Waals surface area contributed by atoms with Gasteiger partial charge in [0.15, 0.2) is 0 Å². The quantitative estimate of drug-likeness (QED) is 0.278. The van der Waals surface area contributed by atoms with Crippen LogP contribution < -0.4 is 0 Å². The van der Waals surface area contributed by atoms with E-state index in [1.54, 1.807) is 0 Å². The van der Waals surface area contributed by atoms with Crippen molar-refractivity contribution in [2.75, 3.05) is 0 Å². The van der Waals surface area contributed by atoms with Gasteiger partial charge in [-0.3, -0.25) is 14.1 Å². The average molecular weight is 531 g/mol. The molecule has 3 rings (SSSR count). The molecule has 0 heterocycles. The second kappa shape index (κ2) is 18.2. The Kier molecular flexibility index (Phi) is 21.1. The molecule has 3 aromatic carbocycles. The zero-order chi connectivity index (χ0) is 15.3. The number of rotatable bonds is 0. The standard InChI is InChI=1S/3C6H5Br.3FH/c3*7-6-4-2-1-3-5-6;;;/h3*1-5H;3*1H. The van der Waals surface area contributed by atoms with Gasteiger partial charge in [-0.05, 0) is 36.4 Å². The summed E-state index contributed by atoms with van der Waals surface area (Å²) < 4.78 is 3.40. The predicted octanol–water partition coefficient (Wildman–Crippen LogP) is 7.80. The van der Waals surface area contributed by atoms with Crippen LogP contribution in [-0.2, 0) is 0 Å². The molecule has 0 aromatic heterocycles. The van der Waals surface area contributed by atoms with Crippen LogP contribution in [0.15, 0.2) is 104 Å². The molecule has 0 unspecified atom stereocenters. The van der Waals surface area contributed by atoms with Crippen molar-refractivity contribution in [3.05, 3.63) is 104 Å². The van der Waals surface area contributed by atoms with Gasteiger partial charge in [-0.15, -0.1) is 0 Å². The van der Waals surface area contributed by atoms with Crippen molar-refractivity contribution in [3.63, 3.8) is 0 Å². The second-order valence-electron chi connectivity index (χ2n) is 3.89. The third-order valence-corrected chi connectivity index (χ3v) is 3.79. The molecule has 0 aliphatic carbocycles. The highest BCUT2D eigenvalue weighted by Gasteiger charge is 1.75. The molecule has 0 atom stereocenters. The Bertz CT molecular complexity index is 505. The summed E-state index contributed by atoms with van der Waals surface area (Å²) in [5.74, 6) is 0. The van der Waals surface area contributed by atoms with E-state index >= 15 is 0 Å². The average Bonchev–Trinajstić information content (AvgIpc) is 2.51. The summed E-state index contributed by atoms with van der Waals surface area (Å²) >= 11 is 9.93. The Hall–Kier alpha value is -1.11. The Balaban J connectivity index is -0.000000259. The molecular weight excluding hydrogens is 513 g/mol. The van der Waals surface area contributed by atoms with Crippen LogP contribution in [0.25, 0.3) is 0 Å². The van der Waals surface area contributed by atoms with Crippen molar-refractivity contribution in [1.29, 1.82) is 0 Å². The van der Waals surface area contributed by atoms with Crippen molar-refractivity contribution in [2.24, 2.45) is 0 Å². The lowest BCUT2D eigenvalue weighted by atomic mass is 10.4. The highest BCUT2D eigenvalue weighted by Crippen LogP contribution is 2.06. The van der Waals surface area contributed by atoms with E-state index in [2.05, 4.69) is 47.8 Å². The molecule has 0 fully saturated rings. The highest BCUT2D eigenvalue weighted by molar-refractivity contribution is 9.11. The van der Waals surface area contributed by atoms with Crippen LogP contribution in [0, 0.1) is 0 Å². The molecule has 0 aliphatic heterocycles. The Morgan fingerprint density at radius 3 is 0.583 bits per heavy atom. The first-order valence-corrected chi connectivity index (χ1v) is 8.68. The predicted molar refractivity (Wildman–Crippen MR) is 110 cm³/mol. The molecule has 24 heavy (non-hydrogen) atoms. The first-order chi connectivity index (χ1) is 10.2. The van der Waals surface area contributed by atoms with Gasteiger partial charge in [0.1, 0.15) is 0 Å². The third kappa shape index (κ3) is 15.8. The maximum Gasteiger partial charge on any atom is 0.0175 e. The minimum atomic E-state index is 0. The highest BCUT2D eigenvalue weighted by atomic mass is 79.9. The fraction of sp³-hybridized carbons (Fsp3) is 0. The summed E-state index contributed by atoms with van der Waals surface area (Å²) in [6, 6.07) is 29.9. The van der Waals surface area contributed by atoms with Gasteiger partial charge >= 0.3 is 0 Å². The summed E-state index contributed by atoms with van der Waals surface area (Å²) in [4.78, 5) is 0. The lowest BCUT2D eigenvalue weighted by Crippen LogP contribution is -1.55. The fourth-order valence-electron chi connectivity index (χ4n) is 1.24. The first kappa shape index (κ1) is 27.7. The van der Waals surface area contributed by atoms with Crippen molar-refractivity contribution >= 4 is 47.8 Å². The normalized spacial score (nSPS) is 7.62. The van der Waals surface area contributed by atoms with Crippen LogP contribution in [0.5, 0.6) is 0 Å². The minimum Gasteiger partial charge on any atom is -0.269 e. The lowest BCUT2D eigenvalue weighted by Gasteiger charge is -1.80. The Morgan fingerprint density at radius 2 is 0.500 bits per heavy atom. The van der Waals surface area contributed by atoms with Crippen LogP contribution in [-0.4, -0.2) is 0 Å². The molecule has 0 saturated heterocycles. The smallest absolute Gasteiger partial charge is 0.0175 e. The monoisotopic (exact) mass is 528 g/mol. The fourth-order valence-corrected chi connectivity index (χ4v) is 2.16. The molecule has 0 radical (unpaired) electrons. The minimum absolute atomic E-state index is 0.